The second kappa shape index (κ2) is 4.81. The van der Waals surface area contributed by atoms with E-state index < -0.39 is 11.6 Å². The first-order valence-corrected chi connectivity index (χ1v) is 6.30. The van der Waals surface area contributed by atoms with Crippen molar-refractivity contribution in [1.29, 1.82) is 0 Å². The van der Waals surface area contributed by atoms with E-state index in [2.05, 4.69) is 13.8 Å². The molecule has 1 aromatic rings. The topological polar surface area (TPSA) is 3.24 Å². The summed E-state index contributed by atoms with van der Waals surface area (Å²) in [6.07, 6.45) is 1.08. The third-order valence-electron chi connectivity index (χ3n) is 3.62. The quantitative estimate of drug-likeness (QED) is 0.723. The number of hydrogen-bond acceptors (Lipinski definition) is 1. The summed E-state index contributed by atoms with van der Waals surface area (Å²) < 4.78 is 26.8. The Morgan fingerprint density at radius 3 is 2.59 bits per heavy atom. The van der Waals surface area contributed by atoms with Crippen LogP contribution in [0.25, 0.3) is 0 Å². The fraction of sp³-hybridized carbons (Fsp3) is 0.538. The average molecular weight is 260 g/mol. The maximum atomic E-state index is 13.7. The van der Waals surface area contributed by atoms with Gasteiger partial charge in [0.1, 0.15) is 11.6 Å². The predicted molar refractivity (Wildman–Crippen MR) is 66.5 cm³/mol. The van der Waals surface area contributed by atoms with Crippen LogP contribution in [0.5, 0.6) is 0 Å². The molecular formula is C13H16ClF2N. The lowest BCUT2D eigenvalue weighted by Gasteiger charge is -2.19. The Balaban J connectivity index is 2.27. The number of rotatable bonds is 2. The molecule has 1 nitrogen and oxygen atoms in total. The SMILES string of the molecule is CCC1CN(c2cc(Cl)c(F)cc2F)CC1C. The molecule has 1 aliphatic heterocycles. The van der Waals surface area contributed by atoms with Gasteiger partial charge in [0.15, 0.2) is 0 Å². The third-order valence-corrected chi connectivity index (χ3v) is 3.91. The van der Waals surface area contributed by atoms with E-state index in [-0.39, 0.29) is 5.02 Å². The molecule has 2 rings (SSSR count). The fourth-order valence-electron chi connectivity index (χ4n) is 2.52. The Morgan fingerprint density at radius 1 is 1.29 bits per heavy atom. The second-order valence-electron chi connectivity index (χ2n) is 4.77. The molecule has 1 saturated heterocycles. The smallest absolute Gasteiger partial charge is 0.149 e. The van der Waals surface area contributed by atoms with E-state index in [1.165, 1.54) is 6.07 Å². The molecule has 0 aliphatic carbocycles. The first-order valence-electron chi connectivity index (χ1n) is 5.92. The Kier molecular flexibility index (Phi) is 3.57. The van der Waals surface area contributed by atoms with Crippen molar-refractivity contribution in [2.75, 3.05) is 18.0 Å². The van der Waals surface area contributed by atoms with Gasteiger partial charge in [0, 0.05) is 19.2 Å². The van der Waals surface area contributed by atoms with Crippen molar-refractivity contribution < 1.29 is 8.78 Å². The van der Waals surface area contributed by atoms with Crippen molar-refractivity contribution in [3.8, 4) is 0 Å². The first kappa shape index (κ1) is 12.6. The molecule has 4 heteroatoms. The average Bonchev–Trinajstić information content (AvgIpc) is 2.65. The van der Waals surface area contributed by atoms with Crippen LogP contribution in [0.2, 0.25) is 5.02 Å². The molecule has 2 unspecified atom stereocenters. The van der Waals surface area contributed by atoms with Gasteiger partial charge in [0.25, 0.3) is 0 Å². The first-order chi connectivity index (χ1) is 8.02. The Labute approximate surface area is 105 Å². The van der Waals surface area contributed by atoms with Crippen LogP contribution in [0.1, 0.15) is 20.3 Å². The Bertz CT molecular complexity index is 422. The highest BCUT2D eigenvalue weighted by Crippen LogP contribution is 2.33. The highest BCUT2D eigenvalue weighted by atomic mass is 35.5. The van der Waals surface area contributed by atoms with E-state index in [0.717, 1.165) is 25.6 Å². The molecule has 1 heterocycles. The Hall–Kier alpha value is -0.830. The molecule has 1 aromatic carbocycles. The standard InChI is InChI=1S/C13H16ClF2N/c1-3-9-7-17(6-8(9)2)13-4-10(14)11(15)5-12(13)16/h4-5,8-9H,3,6-7H2,1-2H3. The van der Waals surface area contributed by atoms with Crippen LogP contribution in [0, 0.1) is 23.5 Å². The van der Waals surface area contributed by atoms with Gasteiger partial charge in [0.2, 0.25) is 0 Å². The minimum atomic E-state index is -0.702. The van der Waals surface area contributed by atoms with E-state index in [0.29, 0.717) is 17.5 Å². The summed E-state index contributed by atoms with van der Waals surface area (Å²) in [4.78, 5) is 1.96. The van der Waals surface area contributed by atoms with Gasteiger partial charge in [0.05, 0.1) is 10.7 Å². The highest BCUT2D eigenvalue weighted by molar-refractivity contribution is 6.31. The van der Waals surface area contributed by atoms with Gasteiger partial charge in [-0.15, -0.1) is 0 Å². The molecule has 1 aliphatic rings. The molecular weight excluding hydrogens is 244 g/mol. The number of benzene rings is 1. The van der Waals surface area contributed by atoms with E-state index in [4.69, 9.17) is 11.6 Å². The molecule has 94 valence electrons. The van der Waals surface area contributed by atoms with Gasteiger partial charge in [-0.3, -0.25) is 0 Å². The molecule has 0 amide bonds. The van der Waals surface area contributed by atoms with Crippen LogP contribution in [0.4, 0.5) is 14.5 Å². The zero-order valence-electron chi connectivity index (χ0n) is 10.0. The summed E-state index contributed by atoms with van der Waals surface area (Å²) >= 11 is 5.70. The summed E-state index contributed by atoms with van der Waals surface area (Å²) in [6, 6.07) is 2.25. The molecule has 17 heavy (non-hydrogen) atoms. The van der Waals surface area contributed by atoms with Crippen LogP contribution >= 0.6 is 11.6 Å². The molecule has 0 spiro atoms. The lowest BCUT2D eigenvalue weighted by atomic mass is 9.96. The number of anilines is 1. The van der Waals surface area contributed by atoms with Crippen molar-refractivity contribution in [2.24, 2.45) is 11.8 Å². The molecule has 0 radical (unpaired) electrons. The monoisotopic (exact) mass is 259 g/mol. The van der Waals surface area contributed by atoms with Gasteiger partial charge in [-0.05, 0) is 17.9 Å². The normalized spacial score (nSPS) is 24.4. The van der Waals surface area contributed by atoms with E-state index >= 15 is 0 Å². The van der Waals surface area contributed by atoms with Crippen LogP contribution in [-0.4, -0.2) is 13.1 Å². The molecule has 0 N–H and O–H groups in total. The maximum absolute atomic E-state index is 13.7. The van der Waals surface area contributed by atoms with Gasteiger partial charge >= 0.3 is 0 Å². The summed E-state index contributed by atoms with van der Waals surface area (Å²) in [5, 5.41) is -0.0194. The lowest BCUT2D eigenvalue weighted by Crippen LogP contribution is -2.21. The molecule has 0 bridgehead atoms. The number of nitrogens with zero attached hydrogens (tertiary/aromatic N) is 1. The third kappa shape index (κ3) is 2.39. The molecule has 0 aromatic heterocycles. The van der Waals surface area contributed by atoms with E-state index in [1.807, 2.05) is 4.90 Å². The second-order valence-corrected chi connectivity index (χ2v) is 5.18. The number of hydrogen-bond donors (Lipinski definition) is 0. The Morgan fingerprint density at radius 2 is 2.00 bits per heavy atom. The summed E-state index contributed by atoms with van der Waals surface area (Å²) in [5.74, 6) is -0.135. The summed E-state index contributed by atoms with van der Waals surface area (Å²) in [7, 11) is 0. The zero-order valence-corrected chi connectivity index (χ0v) is 10.8. The van der Waals surface area contributed by atoms with Gasteiger partial charge in [-0.2, -0.15) is 0 Å². The van der Waals surface area contributed by atoms with Crippen LogP contribution in [0.15, 0.2) is 12.1 Å². The largest absolute Gasteiger partial charge is 0.369 e. The summed E-state index contributed by atoms with van der Waals surface area (Å²) in [5.41, 5.74) is 0.416. The maximum Gasteiger partial charge on any atom is 0.149 e. The molecule has 0 saturated carbocycles. The van der Waals surface area contributed by atoms with Crippen molar-refractivity contribution in [1.82, 2.24) is 0 Å². The van der Waals surface area contributed by atoms with Gasteiger partial charge in [-0.25, -0.2) is 8.78 Å². The summed E-state index contributed by atoms with van der Waals surface area (Å²) in [6.45, 7) is 5.92. The zero-order chi connectivity index (χ0) is 12.6. The van der Waals surface area contributed by atoms with Crippen molar-refractivity contribution in [3.63, 3.8) is 0 Å². The van der Waals surface area contributed by atoms with E-state index in [9.17, 15) is 8.78 Å². The van der Waals surface area contributed by atoms with Gasteiger partial charge < -0.3 is 4.90 Å². The minimum absolute atomic E-state index is 0.0194. The molecule has 1 fully saturated rings. The van der Waals surface area contributed by atoms with Crippen LogP contribution in [-0.2, 0) is 0 Å². The van der Waals surface area contributed by atoms with E-state index in [1.54, 1.807) is 0 Å². The predicted octanol–water partition coefficient (Wildman–Crippen LogP) is 4.10. The van der Waals surface area contributed by atoms with Crippen molar-refractivity contribution in [2.45, 2.75) is 20.3 Å². The minimum Gasteiger partial charge on any atom is -0.369 e. The van der Waals surface area contributed by atoms with Crippen molar-refractivity contribution >= 4 is 17.3 Å². The highest BCUT2D eigenvalue weighted by Gasteiger charge is 2.30. The number of halogens is 3. The van der Waals surface area contributed by atoms with Crippen LogP contribution in [0.3, 0.4) is 0 Å². The van der Waals surface area contributed by atoms with Gasteiger partial charge in [-0.1, -0.05) is 31.9 Å². The molecule has 2 atom stereocenters. The van der Waals surface area contributed by atoms with Crippen LogP contribution < -0.4 is 4.90 Å². The fourth-order valence-corrected chi connectivity index (χ4v) is 2.67. The lowest BCUT2D eigenvalue weighted by molar-refractivity contribution is 0.440. The van der Waals surface area contributed by atoms with Crippen molar-refractivity contribution in [3.05, 3.63) is 28.8 Å².